The van der Waals surface area contributed by atoms with E-state index in [4.69, 9.17) is 4.42 Å². The summed E-state index contributed by atoms with van der Waals surface area (Å²) in [6.07, 6.45) is 0. The third kappa shape index (κ3) is 6.55. The van der Waals surface area contributed by atoms with Crippen LogP contribution in [0.5, 0.6) is 0 Å². The minimum Gasteiger partial charge on any atom is -0.456 e. The van der Waals surface area contributed by atoms with Gasteiger partial charge in [-0.2, -0.15) is 0 Å². The number of rotatable bonds is 8. The van der Waals surface area contributed by atoms with E-state index in [0.717, 1.165) is 50.3 Å². The lowest BCUT2D eigenvalue weighted by Gasteiger charge is -2.26. The van der Waals surface area contributed by atoms with E-state index in [-0.39, 0.29) is 0 Å². The zero-order valence-electron chi connectivity index (χ0n) is 34.4. The molecule has 0 aliphatic heterocycles. The summed E-state index contributed by atoms with van der Waals surface area (Å²) in [6.45, 7) is 0. The Balaban J connectivity index is 0.944. The molecule has 0 atom stereocenters. The predicted molar refractivity (Wildman–Crippen MR) is 264 cm³/mol. The Bertz CT molecular complexity index is 3570. The van der Waals surface area contributed by atoms with Gasteiger partial charge in [0.05, 0.1) is 11.0 Å². The van der Waals surface area contributed by atoms with Crippen molar-refractivity contribution in [1.29, 1.82) is 0 Å². The summed E-state index contributed by atoms with van der Waals surface area (Å²) < 4.78 is 8.78. The maximum absolute atomic E-state index is 6.42. The van der Waals surface area contributed by atoms with Crippen molar-refractivity contribution >= 4 is 60.8 Å². The van der Waals surface area contributed by atoms with Crippen LogP contribution in [-0.4, -0.2) is 4.57 Å². The lowest BCUT2D eigenvalue weighted by Crippen LogP contribution is -2.09. The summed E-state index contributed by atoms with van der Waals surface area (Å²) in [6, 6.07) is 87.1. The van der Waals surface area contributed by atoms with Gasteiger partial charge in [-0.05, 0) is 129 Å². The summed E-state index contributed by atoms with van der Waals surface area (Å²) in [7, 11) is 0. The first kappa shape index (κ1) is 36.5. The zero-order valence-corrected chi connectivity index (χ0v) is 34.4. The molecule has 0 radical (unpaired) electrons. The number of hydrogen-bond donors (Lipinski definition) is 0. The largest absolute Gasteiger partial charge is 0.456 e. The highest BCUT2D eigenvalue weighted by Gasteiger charge is 2.18. The molecule has 0 aliphatic carbocycles. The molecule has 0 unspecified atom stereocenters. The first-order valence-corrected chi connectivity index (χ1v) is 21.5. The second-order valence-electron chi connectivity index (χ2n) is 16.2. The van der Waals surface area contributed by atoms with E-state index in [1.54, 1.807) is 0 Å². The average Bonchev–Trinajstić information content (AvgIpc) is 3.90. The maximum Gasteiger partial charge on any atom is 0.135 e. The van der Waals surface area contributed by atoms with E-state index < -0.39 is 0 Å². The molecule has 0 saturated carbocycles. The van der Waals surface area contributed by atoms with E-state index in [1.807, 2.05) is 0 Å². The fourth-order valence-electron chi connectivity index (χ4n) is 9.26. The van der Waals surface area contributed by atoms with Crippen molar-refractivity contribution < 1.29 is 4.42 Å². The second-order valence-corrected chi connectivity index (χ2v) is 16.2. The zero-order chi connectivity index (χ0) is 41.7. The molecule has 0 bridgehead atoms. The fraction of sp³-hybridized carbons (Fsp3) is 0. The molecule has 0 spiro atoms. The van der Waals surface area contributed by atoms with Crippen molar-refractivity contribution in [2.45, 2.75) is 0 Å². The lowest BCUT2D eigenvalue weighted by molar-refractivity contribution is 0.669. The van der Waals surface area contributed by atoms with Crippen LogP contribution in [0.15, 0.2) is 247 Å². The average molecular weight is 805 g/mol. The summed E-state index contributed by atoms with van der Waals surface area (Å²) in [5, 5.41) is 4.67. The quantitative estimate of drug-likeness (QED) is 0.153. The van der Waals surface area contributed by atoms with Gasteiger partial charge in [0.2, 0.25) is 0 Å². The Morgan fingerprint density at radius 1 is 0.270 bits per heavy atom. The summed E-state index contributed by atoms with van der Waals surface area (Å²) in [4.78, 5) is 2.35. The number of aromatic nitrogens is 1. The highest BCUT2D eigenvalue weighted by atomic mass is 16.3. The highest BCUT2D eigenvalue weighted by Crippen LogP contribution is 2.42. The molecule has 2 heterocycles. The standard InChI is InChI=1S/C60H40N2O/c1-4-12-41(13-5-1)43-20-22-44(23-21-43)45-24-30-50(31-25-45)61(52-34-37-60-56(40-52)55-39-48(29-36-59(55)63-60)42-14-6-2-7-15-42)51-32-26-46(27-33-51)47-28-35-58-54(38-47)53-18-10-11-19-57(53)62(58)49-16-8-3-9-17-49/h1-40H. The normalized spacial score (nSPS) is 11.5. The molecule has 0 fully saturated rings. The lowest BCUT2D eigenvalue weighted by atomic mass is 10.00. The van der Waals surface area contributed by atoms with Crippen molar-refractivity contribution in [3.63, 3.8) is 0 Å². The van der Waals surface area contributed by atoms with Crippen molar-refractivity contribution in [3.05, 3.63) is 243 Å². The molecule has 12 rings (SSSR count). The molecule has 0 saturated heterocycles. The van der Waals surface area contributed by atoms with Gasteiger partial charge in [-0.15, -0.1) is 0 Å². The molecule has 296 valence electrons. The van der Waals surface area contributed by atoms with Crippen molar-refractivity contribution in [3.8, 4) is 50.2 Å². The van der Waals surface area contributed by atoms with Gasteiger partial charge in [0.15, 0.2) is 0 Å². The van der Waals surface area contributed by atoms with Gasteiger partial charge in [0.25, 0.3) is 0 Å². The SMILES string of the molecule is c1ccc(-c2ccc(-c3ccc(N(c4ccc(-c5ccc6c(c5)c5ccccc5n6-c5ccccc5)cc4)c4ccc5oc6ccc(-c7ccccc7)cc6c5c4)cc3)cc2)cc1. The molecule has 63 heavy (non-hydrogen) atoms. The van der Waals surface area contributed by atoms with Gasteiger partial charge in [-0.3, -0.25) is 0 Å². The van der Waals surface area contributed by atoms with Gasteiger partial charge in [-0.25, -0.2) is 0 Å². The number of fused-ring (bicyclic) bond motifs is 6. The monoisotopic (exact) mass is 804 g/mol. The van der Waals surface area contributed by atoms with Gasteiger partial charge in [0.1, 0.15) is 11.2 Å². The van der Waals surface area contributed by atoms with Crippen LogP contribution in [0.4, 0.5) is 17.1 Å². The van der Waals surface area contributed by atoms with E-state index in [0.29, 0.717) is 0 Å². The molecule has 2 aromatic heterocycles. The van der Waals surface area contributed by atoms with Crippen LogP contribution < -0.4 is 4.90 Å². The minimum absolute atomic E-state index is 0.868. The third-order valence-corrected chi connectivity index (χ3v) is 12.4. The number of para-hydroxylation sites is 2. The van der Waals surface area contributed by atoms with Crippen molar-refractivity contribution in [2.24, 2.45) is 0 Å². The summed E-state index contributed by atoms with van der Waals surface area (Å²) >= 11 is 0. The van der Waals surface area contributed by atoms with Crippen molar-refractivity contribution in [1.82, 2.24) is 4.57 Å². The third-order valence-electron chi connectivity index (χ3n) is 12.4. The van der Waals surface area contributed by atoms with Gasteiger partial charge in [-0.1, -0.05) is 158 Å². The summed E-state index contributed by atoms with van der Waals surface area (Å²) in [5.74, 6) is 0. The van der Waals surface area contributed by atoms with Crippen LogP contribution in [0, 0.1) is 0 Å². The Hall–Kier alpha value is -8.40. The highest BCUT2D eigenvalue weighted by molar-refractivity contribution is 6.11. The number of hydrogen-bond acceptors (Lipinski definition) is 2. The Kier molecular flexibility index (Phi) is 8.83. The van der Waals surface area contributed by atoms with E-state index in [9.17, 15) is 0 Å². The molecular weight excluding hydrogens is 765 g/mol. The first-order valence-electron chi connectivity index (χ1n) is 21.5. The number of anilines is 3. The predicted octanol–water partition coefficient (Wildman–Crippen LogP) is 16.8. The Morgan fingerprint density at radius 2 is 0.667 bits per heavy atom. The van der Waals surface area contributed by atoms with Gasteiger partial charge < -0.3 is 13.9 Å². The topological polar surface area (TPSA) is 21.3 Å². The van der Waals surface area contributed by atoms with Crippen LogP contribution in [-0.2, 0) is 0 Å². The van der Waals surface area contributed by atoms with Crippen LogP contribution >= 0.6 is 0 Å². The molecule has 10 aromatic carbocycles. The minimum atomic E-state index is 0.868. The smallest absolute Gasteiger partial charge is 0.135 e. The molecule has 12 aromatic rings. The summed E-state index contributed by atoms with van der Waals surface area (Å²) in [5.41, 5.74) is 18.0. The van der Waals surface area contributed by atoms with Crippen LogP contribution in [0.2, 0.25) is 0 Å². The number of benzene rings is 10. The fourth-order valence-corrected chi connectivity index (χ4v) is 9.26. The second kappa shape index (κ2) is 15.3. The molecule has 3 nitrogen and oxygen atoms in total. The molecular formula is C60H40N2O. The van der Waals surface area contributed by atoms with Crippen LogP contribution in [0.25, 0.3) is 93.9 Å². The van der Waals surface area contributed by atoms with Crippen molar-refractivity contribution in [2.75, 3.05) is 4.90 Å². The maximum atomic E-state index is 6.42. The van der Waals surface area contributed by atoms with E-state index >= 15 is 0 Å². The molecule has 0 N–H and O–H groups in total. The van der Waals surface area contributed by atoms with Crippen LogP contribution in [0.1, 0.15) is 0 Å². The van der Waals surface area contributed by atoms with Gasteiger partial charge in [0, 0.05) is 44.3 Å². The first-order chi connectivity index (χ1) is 31.2. The molecule has 0 amide bonds. The Labute approximate surface area is 366 Å². The van der Waals surface area contributed by atoms with E-state index in [1.165, 1.54) is 60.8 Å². The molecule has 3 heteroatoms. The molecule has 0 aliphatic rings. The van der Waals surface area contributed by atoms with Crippen LogP contribution in [0.3, 0.4) is 0 Å². The van der Waals surface area contributed by atoms with E-state index in [2.05, 4.69) is 252 Å². The number of nitrogens with zero attached hydrogens (tertiary/aromatic N) is 2. The number of furan rings is 1. The Morgan fingerprint density at radius 3 is 1.29 bits per heavy atom. The van der Waals surface area contributed by atoms with Gasteiger partial charge >= 0.3 is 0 Å².